The second kappa shape index (κ2) is 5.73. The van der Waals surface area contributed by atoms with Crippen LogP contribution >= 0.6 is 0 Å². The van der Waals surface area contributed by atoms with Gasteiger partial charge in [-0.2, -0.15) is 0 Å². The van der Waals surface area contributed by atoms with Gasteiger partial charge in [0.1, 0.15) is 0 Å². The molecule has 0 saturated heterocycles. The third kappa shape index (κ3) is 2.74. The fraction of sp³-hybridized carbons (Fsp3) is 0.562. The molecule has 0 N–H and O–H groups in total. The molecule has 1 heterocycles. The first kappa shape index (κ1) is 14.7. The summed E-state index contributed by atoms with van der Waals surface area (Å²) in [5.74, 6) is 1.60. The fourth-order valence-corrected chi connectivity index (χ4v) is 2.38. The van der Waals surface area contributed by atoms with Crippen LogP contribution in [0.3, 0.4) is 0 Å². The zero-order valence-electron chi connectivity index (χ0n) is 12.7. The number of carbonyl (C=O) groups excluding carboxylic acids is 1. The predicted molar refractivity (Wildman–Crippen MR) is 78.1 cm³/mol. The molecule has 1 aromatic rings. The molecule has 4 heteroatoms. The van der Waals surface area contributed by atoms with Crippen LogP contribution in [-0.2, 0) is 10.2 Å². The summed E-state index contributed by atoms with van der Waals surface area (Å²) in [6, 6.07) is 5.73. The third-order valence-electron chi connectivity index (χ3n) is 3.82. The van der Waals surface area contributed by atoms with Gasteiger partial charge in [-0.1, -0.05) is 19.4 Å². The van der Waals surface area contributed by atoms with E-state index in [1.54, 1.807) is 0 Å². The number of benzene rings is 1. The standard InChI is InChI=1S/C16H23NO3/c1-5-6-9-17(4)15(18)16(2,3)12-7-8-13-14(10-12)20-11-19-13/h7-8,10H,5-6,9,11H2,1-4H3. The van der Waals surface area contributed by atoms with E-state index in [0.717, 1.165) is 36.4 Å². The number of hydrogen-bond donors (Lipinski definition) is 0. The molecule has 20 heavy (non-hydrogen) atoms. The Bertz CT molecular complexity index is 496. The summed E-state index contributed by atoms with van der Waals surface area (Å²) in [4.78, 5) is 14.4. The highest BCUT2D eigenvalue weighted by molar-refractivity contribution is 5.87. The highest BCUT2D eigenvalue weighted by Gasteiger charge is 2.33. The minimum absolute atomic E-state index is 0.129. The van der Waals surface area contributed by atoms with Crippen LogP contribution in [0.4, 0.5) is 0 Å². The van der Waals surface area contributed by atoms with E-state index in [2.05, 4.69) is 6.92 Å². The van der Waals surface area contributed by atoms with Crippen molar-refractivity contribution in [3.05, 3.63) is 23.8 Å². The lowest BCUT2D eigenvalue weighted by molar-refractivity contribution is -0.135. The molecule has 1 aliphatic rings. The molecule has 0 aromatic heterocycles. The van der Waals surface area contributed by atoms with E-state index in [0.29, 0.717) is 0 Å². The second-order valence-electron chi connectivity index (χ2n) is 5.77. The van der Waals surface area contributed by atoms with Crippen molar-refractivity contribution < 1.29 is 14.3 Å². The number of carbonyl (C=O) groups is 1. The average molecular weight is 277 g/mol. The maximum absolute atomic E-state index is 12.6. The van der Waals surface area contributed by atoms with Crippen LogP contribution in [0.2, 0.25) is 0 Å². The molecular formula is C16H23NO3. The average Bonchev–Trinajstić information content (AvgIpc) is 2.91. The number of unbranched alkanes of at least 4 members (excludes halogenated alkanes) is 1. The minimum Gasteiger partial charge on any atom is -0.454 e. The van der Waals surface area contributed by atoms with Crippen LogP contribution in [0.5, 0.6) is 11.5 Å². The maximum Gasteiger partial charge on any atom is 0.232 e. The summed E-state index contributed by atoms with van der Waals surface area (Å²) < 4.78 is 10.7. The molecule has 0 bridgehead atoms. The summed E-state index contributed by atoms with van der Waals surface area (Å²) in [6.45, 7) is 7.08. The topological polar surface area (TPSA) is 38.8 Å². The van der Waals surface area contributed by atoms with Gasteiger partial charge in [0, 0.05) is 13.6 Å². The van der Waals surface area contributed by atoms with Crippen molar-refractivity contribution in [1.82, 2.24) is 4.90 Å². The van der Waals surface area contributed by atoms with Gasteiger partial charge in [-0.25, -0.2) is 0 Å². The molecule has 0 fully saturated rings. The number of hydrogen-bond acceptors (Lipinski definition) is 3. The fourth-order valence-electron chi connectivity index (χ4n) is 2.38. The van der Waals surface area contributed by atoms with Crippen molar-refractivity contribution >= 4 is 5.91 Å². The third-order valence-corrected chi connectivity index (χ3v) is 3.82. The molecule has 0 spiro atoms. The predicted octanol–water partition coefficient (Wildman–Crippen LogP) is 2.95. The Labute approximate surface area is 120 Å². The van der Waals surface area contributed by atoms with E-state index < -0.39 is 5.41 Å². The number of nitrogens with zero attached hydrogens (tertiary/aromatic N) is 1. The number of fused-ring (bicyclic) bond motifs is 1. The smallest absolute Gasteiger partial charge is 0.232 e. The van der Waals surface area contributed by atoms with Gasteiger partial charge in [0.25, 0.3) is 0 Å². The molecule has 0 aliphatic carbocycles. The lowest BCUT2D eigenvalue weighted by Gasteiger charge is -2.30. The van der Waals surface area contributed by atoms with E-state index in [9.17, 15) is 4.79 Å². The van der Waals surface area contributed by atoms with Gasteiger partial charge in [0.05, 0.1) is 5.41 Å². The van der Waals surface area contributed by atoms with E-state index in [4.69, 9.17) is 9.47 Å². The Morgan fingerprint density at radius 1 is 1.30 bits per heavy atom. The largest absolute Gasteiger partial charge is 0.454 e. The van der Waals surface area contributed by atoms with Crippen molar-refractivity contribution in [2.45, 2.75) is 39.0 Å². The van der Waals surface area contributed by atoms with Crippen LogP contribution in [0.25, 0.3) is 0 Å². The molecule has 0 saturated carbocycles. The molecule has 1 amide bonds. The molecule has 110 valence electrons. The first-order valence-corrected chi connectivity index (χ1v) is 7.12. The molecule has 2 rings (SSSR count). The van der Waals surface area contributed by atoms with Crippen LogP contribution in [0.15, 0.2) is 18.2 Å². The van der Waals surface area contributed by atoms with Crippen molar-refractivity contribution in [1.29, 1.82) is 0 Å². The maximum atomic E-state index is 12.6. The molecule has 1 aliphatic heterocycles. The van der Waals surface area contributed by atoms with Crippen LogP contribution in [0, 0.1) is 0 Å². The molecule has 0 atom stereocenters. The summed E-state index contributed by atoms with van der Waals surface area (Å²) in [6.07, 6.45) is 2.11. The summed E-state index contributed by atoms with van der Waals surface area (Å²) >= 11 is 0. The van der Waals surface area contributed by atoms with Crippen molar-refractivity contribution in [2.24, 2.45) is 0 Å². The minimum atomic E-state index is -0.566. The number of likely N-dealkylation sites (N-methyl/N-ethyl adjacent to an activating group) is 1. The lowest BCUT2D eigenvalue weighted by Crippen LogP contribution is -2.41. The number of amides is 1. The Kier molecular flexibility index (Phi) is 4.21. The van der Waals surface area contributed by atoms with Crippen molar-refractivity contribution in [3.8, 4) is 11.5 Å². The van der Waals surface area contributed by atoms with Gasteiger partial charge in [-0.3, -0.25) is 4.79 Å². The number of rotatable bonds is 5. The Balaban J connectivity index is 2.18. The lowest BCUT2D eigenvalue weighted by atomic mass is 9.83. The van der Waals surface area contributed by atoms with Gasteiger partial charge < -0.3 is 14.4 Å². The Morgan fingerprint density at radius 3 is 2.70 bits per heavy atom. The van der Waals surface area contributed by atoms with Gasteiger partial charge >= 0.3 is 0 Å². The summed E-state index contributed by atoms with van der Waals surface area (Å²) in [7, 11) is 1.87. The van der Waals surface area contributed by atoms with E-state index in [1.807, 2.05) is 44.0 Å². The second-order valence-corrected chi connectivity index (χ2v) is 5.77. The van der Waals surface area contributed by atoms with E-state index in [1.165, 1.54) is 0 Å². The number of ether oxygens (including phenoxy) is 2. The SMILES string of the molecule is CCCCN(C)C(=O)C(C)(C)c1ccc2c(c1)OCO2. The summed E-state index contributed by atoms with van der Waals surface area (Å²) in [5, 5.41) is 0. The highest BCUT2D eigenvalue weighted by Crippen LogP contribution is 2.36. The van der Waals surface area contributed by atoms with Crippen molar-refractivity contribution in [3.63, 3.8) is 0 Å². The first-order valence-electron chi connectivity index (χ1n) is 7.12. The zero-order valence-corrected chi connectivity index (χ0v) is 12.7. The summed E-state index contributed by atoms with van der Waals surface area (Å²) in [5.41, 5.74) is 0.388. The zero-order chi connectivity index (χ0) is 14.8. The molecular weight excluding hydrogens is 254 g/mol. The highest BCUT2D eigenvalue weighted by atomic mass is 16.7. The monoisotopic (exact) mass is 277 g/mol. The first-order chi connectivity index (χ1) is 9.46. The van der Waals surface area contributed by atoms with Crippen LogP contribution in [-0.4, -0.2) is 31.2 Å². The van der Waals surface area contributed by atoms with E-state index in [-0.39, 0.29) is 12.7 Å². The Hall–Kier alpha value is -1.71. The quantitative estimate of drug-likeness (QED) is 0.830. The molecule has 0 radical (unpaired) electrons. The Morgan fingerprint density at radius 2 is 2.00 bits per heavy atom. The van der Waals surface area contributed by atoms with Crippen LogP contribution in [0.1, 0.15) is 39.2 Å². The van der Waals surface area contributed by atoms with Gasteiger partial charge in [0.15, 0.2) is 11.5 Å². The van der Waals surface area contributed by atoms with Gasteiger partial charge in [-0.15, -0.1) is 0 Å². The molecule has 4 nitrogen and oxygen atoms in total. The molecule has 0 unspecified atom stereocenters. The van der Waals surface area contributed by atoms with E-state index >= 15 is 0 Å². The van der Waals surface area contributed by atoms with Crippen molar-refractivity contribution in [2.75, 3.05) is 20.4 Å². The molecule has 1 aromatic carbocycles. The van der Waals surface area contributed by atoms with Gasteiger partial charge in [-0.05, 0) is 38.0 Å². The van der Waals surface area contributed by atoms with Crippen LogP contribution < -0.4 is 9.47 Å². The normalized spacial score (nSPS) is 13.4. The van der Waals surface area contributed by atoms with Gasteiger partial charge in [0.2, 0.25) is 12.7 Å².